The van der Waals surface area contributed by atoms with Crippen LogP contribution in [0.1, 0.15) is 56.0 Å². The van der Waals surface area contributed by atoms with Crippen molar-refractivity contribution >= 4 is 16.6 Å². The van der Waals surface area contributed by atoms with Gasteiger partial charge < -0.3 is 15.9 Å². The van der Waals surface area contributed by atoms with E-state index >= 15 is 4.39 Å². The molecule has 0 fully saturated rings. The number of aromatic hydroxyl groups is 1. The zero-order valence-corrected chi connectivity index (χ0v) is 18.3. The quantitative estimate of drug-likeness (QED) is 0.356. The van der Waals surface area contributed by atoms with Gasteiger partial charge in [-0.05, 0) is 36.0 Å². The van der Waals surface area contributed by atoms with E-state index in [-0.39, 0.29) is 23.1 Å². The molecule has 0 radical (unpaired) electrons. The molecular weight excluding hydrogens is 438 g/mol. The monoisotopic (exact) mass is 463 g/mol. The van der Waals surface area contributed by atoms with Crippen molar-refractivity contribution in [1.29, 1.82) is 0 Å². The van der Waals surface area contributed by atoms with Gasteiger partial charge in [-0.15, -0.1) is 0 Å². The van der Waals surface area contributed by atoms with Crippen molar-refractivity contribution in [2.75, 3.05) is 5.73 Å². The van der Waals surface area contributed by atoms with Crippen molar-refractivity contribution in [1.82, 2.24) is 9.97 Å². The summed E-state index contributed by atoms with van der Waals surface area (Å²) < 4.78 is 57.0. The number of halogens is 4. The standard InChI is InChI=1S/C24H25F4N3O2/c1-3-6-12-9-23(33,24(26,27)28)10-14-18(12)22(32)20(25)21(29)19(14)13-7-5-8-16-15(13)11-30-17(4-2)31-16/h5,7-8,11-12,32-33H,3-4,6,9-10,29H2,1-2H3. The molecule has 0 bridgehead atoms. The Morgan fingerprint density at radius 1 is 1.24 bits per heavy atom. The second-order valence-electron chi connectivity index (χ2n) is 8.62. The third-order valence-electron chi connectivity index (χ3n) is 6.48. The number of nitrogens with zero attached hydrogens (tertiary/aromatic N) is 2. The topological polar surface area (TPSA) is 92.3 Å². The first-order chi connectivity index (χ1) is 15.5. The average molecular weight is 463 g/mol. The highest BCUT2D eigenvalue weighted by Crippen LogP contribution is 2.54. The number of fused-ring (bicyclic) bond motifs is 2. The molecule has 3 aromatic rings. The minimum absolute atomic E-state index is 0.00277. The van der Waals surface area contributed by atoms with Crippen molar-refractivity contribution in [2.45, 2.75) is 63.6 Å². The van der Waals surface area contributed by atoms with E-state index < -0.39 is 47.8 Å². The molecule has 2 aromatic carbocycles. The highest BCUT2D eigenvalue weighted by atomic mass is 19.4. The fourth-order valence-corrected chi connectivity index (χ4v) is 4.89. The summed E-state index contributed by atoms with van der Waals surface area (Å²) in [6.07, 6.45) is -3.57. The highest BCUT2D eigenvalue weighted by Gasteiger charge is 2.57. The van der Waals surface area contributed by atoms with Crippen LogP contribution in [0.15, 0.2) is 24.4 Å². The van der Waals surface area contributed by atoms with E-state index in [1.54, 1.807) is 25.1 Å². The van der Waals surface area contributed by atoms with Crippen LogP contribution in [0.5, 0.6) is 5.75 Å². The summed E-state index contributed by atoms with van der Waals surface area (Å²) in [7, 11) is 0. The fourth-order valence-electron chi connectivity index (χ4n) is 4.89. The molecule has 4 N–H and O–H groups in total. The fraction of sp³-hybridized carbons (Fsp3) is 0.417. The van der Waals surface area contributed by atoms with Crippen LogP contribution in [-0.2, 0) is 12.8 Å². The number of nitrogen functional groups attached to an aromatic ring is 1. The molecule has 2 atom stereocenters. The zero-order valence-electron chi connectivity index (χ0n) is 18.3. The molecule has 0 saturated carbocycles. The van der Waals surface area contributed by atoms with Crippen LogP contribution in [0, 0.1) is 5.82 Å². The zero-order chi connectivity index (χ0) is 24.1. The normalized spacial score (nSPS) is 20.8. The summed E-state index contributed by atoms with van der Waals surface area (Å²) in [6, 6.07) is 4.99. The number of aryl methyl sites for hydroxylation is 1. The Labute approximate surface area is 188 Å². The second kappa shape index (κ2) is 8.13. The van der Waals surface area contributed by atoms with Crippen molar-refractivity contribution in [3.8, 4) is 16.9 Å². The van der Waals surface area contributed by atoms with E-state index in [4.69, 9.17) is 5.73 Å². The summed E-state index contributed by atoms with van der Waals surface area (Å²) in [6.45, 7) is 3.67. The van der Waals surface area contributed by atoms with Gasteiger partial charge in [-0.3, -0.25) is 0 Å². The van der Waals surface area contributed by atoms with E-state index in [1.807, 2.05) is 6.92 Å². The van der Waals surface area contributed by atoms with Crippen LogP contribution in [0.4, 0.5) is 23.2 Å². The summed E-state index contributed by atoms with van der Waals surface area (Å²) in [4.78, 5) is 8.73. The molecule has 4 rings (SSSR count). The summed E-state index contributed by atoms with van der Waals surface area (Å²) in [5, 5.41) is 21.8. The number of phenols is 1. The number of anilines is 1. The third-order valence-corrected chi connectivity index (χ3v) is 6.48. The lowest BCUT2D eigenvalue weighted by Crippen LogP contribution is -2.50. The maximum atomic E-state index is 15.1. The average Bonchev–Trinajstić information content (AvgIpc) is 2.76. The Kier molecular flexibility index (Phi) is 5.72. The summed E-state index contributed by atoms with van der Waals surface area (Å²) >= 11 is 0. The second-order valence-corrected chi connectivity index (χ2v) is 8.62. The number of benzene rings is 2. The molecule has 5 nitrogen and oxygen atoms in total. The Morgan fingerprint density at radius 2 is 1.97 bits per heavy atom. The van der Waals surface area contributed by atoms with E-state index in [2.05, 4.69) is 9.97 Å². The van der Waals surface area contributed by atoms with Gasteiger partial charge in [0, 0.05) is 35.6 Å². The molecule has 0 spiro atoms. The van der Waals surface area contributed by atoms with Gasteiger partial charge in [-0.1, -0.05) is 32.4 Å². The van der Waals surface area contributed by atoms with Crippen LogP contribution < -0.4 is 5.73 Å². The van der Waals surface area contributed by atoms with E-state index in [0.29, 0.717) is 35.1 Å². The van der Waals surface area contributed by atoms with Gasteiger partial charge in [0.25, 0.3) is 0 Å². The van der Waals surface area contributed by atoms with Crippen molar-refractivity contribution in [3.05, 3.63) is 47.2 Å². The molecule has 1 aliphatic rings. The number of alkyl halides is 3. The predicted molar refractivity (Wildman–Crippen MR) is 117 cm³/mol. The SMILES string of the molecule is CCCC1CC(O)(C(F)(F)F)Cc2c(-c3cccc4nc(CC)ncc34)c(N)c(F)c(O)c21. The largest absolute Gasteiger partial charge is 0.505 e. The molecule has 176 valence electrons. The van der Waals surface area contributed by atoms with Crippen LogP contribution in [0.2, 0.25) is 0 Å². The molecule has 1 heterocycles. The number of hydrogen-bond acceptors (Lipinski definition) is 5. The Hall–Kier alpha value is -2.94. The molecular formula is C24H25F4N3O2. The molecule has 0 aliphatic heterocycles. The number of phenolic OH excluding ortho intramolecular Hbond substituents is 1. The number of aliphatic hydroxyl groups is 1. The van der Waals surface area contributed by atoms with Crippen LogP contribution in [-0.4, -0.2) is 32.0 Å². The molecule has 33 heavy (non-hydrogen) atoms. The molecule has 9 heteroatoms. The number of nitrogens with two attached hydrogens (primary N) is 1. The Balaban J connectivity index is 2.07. The first-order valence-corrected chi connectivity index (χ1v) is 10.9. The minimum atomic E-state index is -4.91. The molecule has 0 saturated heterocycles. The minimum Gasteiger partial charge on any atom is -0.505 e. The molecule has 2 unspecified atom stereocenters. The smallest absolute Gasteiger partial charge is 0.417 e. The van der Waals surface area contributed by atoms with E-state index in [9.17, 15) is 23.4 Å². The van der Waals surface area contributed by atoms with Gasteiger partial charge in [0.05, 0.1) is 11.2 Å². The molecule has 0 amide bonds. The lowest BCUT2D eigenvalue weighted by Gasteiger charge is -2.41. The van der Waals surface area contributed by atoms with Crippen LogP contribution in [0.3, 0.4) is 0 Å². The summed E-state index contributed by atoms with van der Waals surface area (Å²) in [5.74, 6) is -2.14. The Bertz CT molecular complexity index is 1230. The maximum Gasteiger partial charge on any atom is 0.417 e. The molecule has 1 aromatic heterocycles. The highest BCUT2D eigenvalue weighted by molar-refractivity contribution is 5.99. The lowest BCUT2D eigenvalue weighted by atomic mass is 9.69. The van der Waals surface area contributed by atoms with Crippen molar-refractivity contribution < 1.29 is 27.8 Å². The van der Waals surface area contributed by atoms with Gasteiger partial charge in [0.15, 0.2) is 17.2 Å². The van der Waals surface area contributed by atoms with Crippen LogP contribution >= 0.6 is 0 Å². The maximum absolute atomic E-state index is 15.1. The van der Waals surface area contributed by atoms with E-state index in [0.717, 1.165) is 0 Å². The van der Waals surface area contributed by atoms with Crippen molar-refractivity contribution in [2.24, 2.45) is 0 Å². The Morgan fingerprint density at radius 3 is 2.61 bits per heavy atom. The first kappa shape index (κ1) is 23.2. The number of rotatable bonds is 4. The number of hydrogen-bond donors (Lipinski definition) is 3. The van der Waals surface area contributed by atoms with Gasteiger partial charge in [0.1, 0.15) is 5.82 Å². The number of aromatic nitrogens is 2. The lowest BCUT2D eigenvalue weighted by molar-refractivity contribution is -0.265. The van der Waals surface area contributed by atoms with Crippen molar-refractivity contribution in [3.63, 3.8) is 0 Å². The first-order valence-electron chi connectivity index (χ1n) is 10.9. The molecule has 1 aliphatic carbocycles. The van der Waals surface area contributed by atoms with Gasteiger partial charge in [0.2, 0.25) is 0 Å². The summed E-state index contributed by atoms with van der Waals surface area (Å²) in [5.41, 5.74) is 3.57. The van der Waals surface area contributed by atoms with E-state index in [1.165, 1.54) is 6.20 Å². The predicted octanol–water partition coefficient (Wildman–Crippen LogP) is 5.41. The van der Waals surface area contributed by atoms with Gasteiger partial charge >= 0.3 is 6.18 Å². The van der Waals surface area contributed by atoms with Gasteiger partial charge in [-0.25, -0.2) is 14.4 Å². The third kappa shape index (κ3) is 3.68. The van der Waals surface area contributed by atoms with Crippen LogP contribution in [0.25, 0.3) is 22.0 Å². The van der Waals surface area contributed by atoms with Gasteiger partial charge in [-0.2, -0.15) is 13.2 Å².